The second-order valence-corrected chi connectivity index (χ2v) is 7.82. The van der Waals surface area contributed by atoms with E-state index in [0.29, 0.717) is 17.5 Å². The van der Waals surface area contributed by atoms with E-state index in [-0.39, 0.29) is 48.1 Å². The number of hydrogen-bond donors (Lipinski definition) is 0. The summed E-state index contributed by atoms with van der Waals surface area (Å²) in [5.41, 5.74) is 0.471. The minimum Gasteiger partial charge on any atom is -0.294 e. The second-order valence-electron chi connectivity index (χ2n) is 7.82. The van der Waals surface area contributed by atoms with E-state index in [2.05, 4.69) is 12.2 Å². The highest BCUT2D eigenvalue weighted by Gasteiger charge is 2.67. The van der Waals surface area contributed by atoms with Crippen LogP contribution < -0.4 is 4.90 Å². The van der Waals surface area contributed by atoms with Gasteiger partial charge in [0.25, 0.3) is 0 Å². The molecule has 5 nitrogen and oxygen atoms in total. The summed E-state index contributed by atoms with van der Waals surface area (Å²) in [5.74, 6) is -0.175. The van der Waals surface area contributed by atoms with Gasteiger partial charge in [0.05, 0.1) is 11.8 Å². The van der Waals surface area contributed by atoms with Crippen molar-refractivity contribution in [3.63, 3.8) is 0 Å². The molecule has 2 bridgehead atoms. The summed E-state index contributed by atoms with van der Waals surface area (Å²) in [6.07, 6.45) is 5.36. The van der Waals surface area contributed by atoms with Gasteiger partial charge >= 0.3 is 0 Å². The molecule has 26 heavy (non-hydrogen) atoms. The Balaban J connectivity index is 1.44. The first-order chi connectivity index (χ1) is 12.5. The fourth-order valence-electron chi connectivity index (χ4n) is 5.28. The Morgan fingerprint density at radius 1 is 1.08 bits per heavy atom. The van der Waals surface area contributed by atoms with Crippen molar-refractivity contribution < 1.29 is 18.8 Å². The van der Waals surface area contributed by atoms with Gasteiger partial charge in [0.1, 0.15) is 12.5 Å². The molecule has 6 rings (SSSR count). The number of benzene rings is 1. The highest BCUT2D eigenvalue weighted by Crippen LogP contribution is 2.65. The summed E-state index contributed by atoms with van der Waals surface area (Å²) in [7, 11) is 0. The number of rotatable bonds is 3. The molecule has 134 valence electrons. The van der Waals surface area contributed by atoms with Crippen LogP contribution in [-0.4, -0.2) is 29.3 Å². The average molecular weight is 354 g/mol. The first-order valence-corrected chi connectivity index (χ1v) is 9.04. The van der Waals surface area contributed by atoms with Crippen LogP contribution in [0.15, 0.2) is 36.4 Å². The van der Waals surface area contributed by atoms with Gasteiger partial charge in [0.2, 0.25) is 17.7 Å². The van der Waals surface area contributed by atoms with Crippen LogP contribution in [0.4, 0.5) is 10.1 Å². The fourth-order valence-corrected chi connectivity index (χ4v) is 5.28. The maximum absolute atomic E-state index is 13.2. The maximum Gasteiger partial charge on any atom is 0.235 e. The average Bonchev–Trinajstić information content (AvgIpc) is 3.40. The van der Waals surface area contributed by atoms with Gasteiger partial charge in [-0.3, -0.25) is 24.2 Å². The zero-order valence-electron chi connectivity index (χ0n) is 14.3. The fraction of sp³-hybridized carbons (Fsp3) is 0.450. The first kappa shape index (κ1) is 15.7. The number of allylic oxidation sites excluding steroid dienone is 2. The van der Waals surface area contributed by atoms with Crippen LogP contribution in [-0.2, 0) is 14.4 Å². The molecule has 5 aliphatic rings. The number of likely N-dealkylation sites (tertiary alicyclic amines) is 1. The van der Waals surface area contributed by atoms with Crippen molar-refractivity contribution in [3.05, 3.63) is 42.2 Å². The molecular formula is C20H19FN2O3. The molecular weight excluding hydrogens is 335 g/mol. The number of carbonyl (C=O) groups excluding carboxylic acids is 3. The van der Waals surface area contributed by atoms with Crippen LogP contribution in [0.5, 0.6) is 0 Å². The zero-order valence-corrected chi connectivity index (χ0v) is 14.3. The summed E-state index contributed by atoms with van der Waals surface area (Å²) in [4.78, 5) is 40.7. The van der Waals surface area contributed by atoms with E-state index in [9.17, 15) is 18.8 Å². The van der Waals surface area contributed by atoms with Gasteiger partial charge < -0.3 is 0 Å². The summed E-state index contributed by atoms with van der Waals surface area (Å²) < 4.78 is 13.2. The van der Waals surface area contributed by atoms with Gasteiger partial charge in [-0.1, -0.05) is 12.2 Å². The summed E-state index contributed by atoms with van der Waals surface area (Å²) in [6, 6.07) is 5.48. The van der Waals surface area contributed by atoms with E-state index >= 15 is 0 Å². The number of hydrogen-bond acceptors (Lipinski definition) is 3. The van der Waals surface area contributed by atoms with E-state index in [0.717, 1.165) is 6.42 Å². The monoisotopic (exact) mass is 354 g/mol. The Morgan fingerprint density at radius 2 is 1.62 bits per heavy atom. The number of halogens is 1. The predicted molar refractivity (Wildman–Crippen MR) is 91.0 cm³/mol. The zero-order chi connectivity index (χ0) is 18.2. The minimum atomic E-state index is -0.404. The molecule has 6 atom stereocenters. The second kappa shape index (κ2) is 5.25. The number of anilines is 1. The molecule has 0 unspecified atom stereocenters. The summed E-state index contributed by atoms with van der Waals surface area (Å²) in [5, 5.41) is 0. The standard InChI is InChI=1S/C20H19FN2O3/c1-10(24)22(12-4-2-11(21)3-5-12)9-23-19(25)17-13-6-7-14(16-8-15(13)16)18(17)20(23)26/h2-7,13-18H,8-9H2,1H3/t13-,14-,15-,16-,17+,18+/m1/s1. The Morgan fingerprint density at radius 3 is 2.12 bits per heavy atom. The van der Waals surface area contributed by atoms with Crippen molar-refractivity contribution in [3.8, 4) is 0 Å². The molecule has 1 saturated heterocycles. The Labute approximate surface area is 150 Å². The lowest BCUT2D eigenvalue weighted by Crippen LogP contribution is -2.44. The van der Waals surface area contributed by atoms with Gasteiger partial charge in [0, 0.05) is 12.6 Å². The van der Waals surface area contributed by atoms with Gasteiger partial charge in [-0.25, -0.2) is 4.39 Å². The molecule has 4 aliphatic carbocycles. The van der Waals surface area contributed by atoms with E-state index in [1.54, 1.807) is 0 Å². The van der Waals surface area contributed by atoms with Crippen molar-refractivity contribution in [1.82, 2.24) is 4.90 Å². The van der Waals surface area contributed by atoms with Crippen molar-refractivity contribution in [2.75, 3.05) is 11.6 Å². The maximum atomic E-state index is 13.2. The summed E-state index contributed by atoms with van der Waals surface area (Å²) >= 11 is 0. The van der Waals surface area contributed by atoms with E-state index in [1.807, 2.05) is 0 Å². The van der Waals surface area contributed by atoms with Crippen molar-refractivity contribution in [1.29, 1.82) is 0 Å². The first-order valence-electron chi connectivity index (χ1n) is 9.04. The van der Waals surface area contributed by atoms with Crippen molar-refractivity contribution in [2.45, 2.75) is 13.3 Å². The highest BCUT2D eigenvalue weighted by molar-refractivity contribution is 6.07. The van der Waals surface area contributed by atoms with Crippen LogP contribution in [0.3, 0.4) is 0 Å². The number of imide groups is 1. The van der Waals surface area contributed by atoms with Crippen molar-refractivity contribution in [2.24, 2.45) is 35.5 Å². The largest absolute Gasteiger partial charge is 0.294 e. The third kappa shape index (κ3) is 2.04. The molecule has 1 aromatic rings. The lowest BCUT2D eigenvalue weighted by atomic mass is 9.63. The highest BCUT2D eigenvalue weighted by atomic mass is 19.1. The molecule has 0 N–H and O–H groups in total. The van der Waals surface area contributed by atoms with Gasteiger partial charge in [-0.05, 0) is 54.4 Å². The molecule has 0 radical (unpaired) electrons. The number of carbonyl (C=O) groups is 3. The normalized spacial score (nSPS) is 36.2. The lowest BCUT2D eigenvalue weighted by Gasteiger charge is -2.37. The smallest absolute Gasteiger partial charge is 0.235 e. The van der Waals surface area contributed by atoms with Crippen LogP contribution in [0.25, 0.3) is 0 Å². The molecule has 1 aliphatic heterocycles. The van der Waals surface area contributed by atoms with Gasteiger partial charge in [-0.2, -0.15) is 0 Å². The molecule has 3 amide bonds. The Bertz CT molecular complexity index is 813. The molecule has 0 aromatic heterocycles. The quantitative estimate of drug-likeness (QED) is 0.618. The van der Waals surface area contributed by atoms with Crippen molar-refractivity contribution >= 4 is 23.4 Å². The Hall–Kier alpha value is -2.50. The number of amides is 3. The molecule has 6 heteroatoms. The van der Waals surface area contributed by atoms with Crippen LogP contribution in [0.1, 0.15) is 13.3 Å². The van der Waals surface area contributed by atoms with E-state index in [4.69, 9.17) is 0 Å². The molecule has 1 aromatic carbocycles. The molecule has 2 saturated carbocycles. The van der Waals surface area contributed by atoms with E-state index in [1.165, 1.54) is 41.0 Å². The van der Waals surface area contributed by atoms with Crippen LogP contribution in [0.2, 0.25) is 0 Å². The van der Waals surface area contributed by atoms with Crippen LogP contribution in [0, 0.1) is 41.3 Å². The molecule has 1 heterocycles. The number of nitrogens with zero attached hydrogens (tertiary/aromatic N) is 2. The Kier molecular flexibility index (Phi) is 3.18. The lowest BCUT2D eigenvalue weighted by molar-refractivity contribution is -0.140. The minimum absolute atomic E-state index is 0.111. The third-order valence-electron chi connectivity index (χ3n) is 6.56. The summed E-state index contributed by atoms with van der Waals surface area (Å²) in [6.45, 7) is 1.27. The topological polar surface area (TPSA) is 57.7 Å². The van der Waals surface area contributed by atoms with E-state index < -0.39 is 5.82 Å². The third-order valence-corrected chi connectivity index (χ3v) is 6.56. The van der Waals surface area contributed by atoms with Gasteiger partial charge in [-0.15, -0.1) is 0 Å². The molecule has 3 fully saturated rings. The van der Waals surface area contributed by atoms with Gasteiger partial charge in [0.15, 0.2) is 0 Å². The molecule has 0 spiro atoms. The SMILES string of the molecule is CC(=O)N(CN1C(=O)[C@H]2[C@@H]3C=C[C@H]([C@H]4C[C@H]34)[C@@H]2C1=O)c1ccc(F)cc1. The predicted octanol–water partition coefficient (Wildman–Crippen LogP) is 2.19. The van der Waals surface area contributed by atoms with Crippen LogP contribution >= 0.6 is 0 Å².